The van der Waals surface area contributed by atoms with E-state index in [-0.39, 0.29) is 0 Å². The van der Waals surface area contributed by atoms with Crippen LogP contribution in [0.4, 0.5) is 0 Å². The highest BCUT2D eigenvalue weighted by atomic mass is 32.1. The SMILES string of the molecule is CC1c2ccsc2CCN1Cc1nnc(-c2ccccc2)o1. The van der Waals surface area contributed by atoms with E-state index in [9.17, 15) is 0 Å². The first kappa shape index (κ1) is 13.7. The van der Waals surface area contributed by atoms with Crippen LogP contribution in [0, 0.1) is 0 Å². The van der Waals surface area contributed by atoms with E-state index in [0.717, 1.165) is 18.5 Å². The summed E-state index contributed by atoms with van der Waals surface area (Å²) >= 11 is 1.86. The number of thiophene rings is 1. The Hall–Kier alpha value is -1.98. The van der Waals surface area contributed by atoms with Crippen molar-refractivity contribution in [3.05, 3.63) is 58.1 Å². The van der Waals surface area contributed by atoms with Gasteiger partial charge in [0.25, 0.3) is 0 Å². The van der Waals surface area contributed by atoms with E-state index in [2.05, 4.69) is 33.5 Å². The number of hydrogen-bond acceptors (Lipinski definition) is 5. The number of fused-ring (bicyclic) bond motifs is 1. The minimum Gasteiger partial charge on any atom is -0.419 e. The van der Waals surface area contributed by atoms with E-state index in [0.29, 0.717) is 24.4 Å². The standard InChI is InChI=1S/C17H17N3OS/c1-12-14-8-10-22-15(14)7-9-20(12)11-16-18-19-17(21-16)13-5-3-2-4-6-13/h2-6,8,10,12H,7,9,11H2,1H3. The van der Waals surface area contributed by atoms with Gasteiger partial charge in [0.15, 0.2) is 0 Å². The Morgan fingerprint density at radius 1 is 1.23 bits per heavy atom. The summed E-state index contributed by atoms with van der Waals surface area (Å²) < 4.78 is 5.83. The third-order valence-corrected chi connectivity index (χ3v) is 5.23. The molecule has 1 unspecified atom stereocenters. The fourth-order valence-corrected chi connectivity index (χ4v) is 3.93. The molecule has 0 bridgehead atoms. The van der Waals surface area contributed by atoms with Crippen LogP contribution in [0.25, 0.3) is 11.5 Å². The molecule has 0 saturated carbocycles. The summed E-state index contributed by atoms with van der Waals surface area (Å²) in [6.07, 6.45) is 1.11. The molecule has 5 heteroatoms. The van der Waals surface area contributed by atoms with Crippen LogP contribution in [0.2, 0.25) is 0 Å². The summed E-state index contributed by atoms with van der Waals surface area (Å²) in [5, 5.41) is 10.6. The predicted octanol–water partition coefficient (Wildman–Crippen LogP) is 3.92. The van der Waals surface area contributed by atoms with Crippen LogP contribution in [0.5, 0.6) is 0 Å². The smallest absolute Gasteiger partial charge is 0.247 e. The molecule has 4 rings (SSSR count). The van der Waals surface area contributed by atoms with Crippen LogP contribution >= 0.6 is 11.3 Å². The molecule has 112 valence electrons. The molecule has 2 aromatic heterocycles. The second-order valence-corrected chi connectivity index (χ2v) is 6.56. The van der Waals surface area contributed by atoms with Crippen LogP contribution in [0.1, 0.15) is 29.3 Å². The Morgan fingerprint density at radius 2 is 2.09 bits per heavy atom. The van der Waals surface area contributed by atoms with Crippen molar-refractivity contribution in [2.45, 2.75) is 25.9 Å². The first-order chi connectivity index (χ1) is 10.8. The van der Waals surface area contributed by atoms with Gasteiger partial charge in [0, 0.05) is 23.0 Å². The Labute approximate surface area is 133 Å². The number of benzene rings is 1. The molecule has 22 heavy (non-hydrogen) atoms. The molecule has 0 radical (unpaired) electrons. The van der Waals surface area contributed by atoms with Gasteiger partial charge in [0.1, 0.15) is 0 Å². The number of aromatic nitrogens is 2. The lowest BCUT2D eigenvalue weighted by molar-refractivity contribution is 0.174. The van der Waals surface area contributed by atoms with Crippen molar-refractivity contribution in [3.8, 4) is 11.5 Å². The normalized spacial score (nSPS) is 18.3. The van der Waals surface area contributed by atoms with E-state index in [1.54, 1.807) is 0 Å². The van der Waals surface area contributed by atoms with Gasteiger partial charge in [-0.25, -0.2) is 0 Å². The highest BCUT2D eigenvalue weighted by Gasteiger charge is 2.26. The minimum absolute atomic E-state index is 0.405. The van der Waals surface area contributed by atoms with Crippen LogP contribution in [-0.2, 0) is 13.0 Å². The molecule has 1 aliphatic heterocycles. The monoisotopic (exact) mass is 311 g/mol. The number of hydrogen-bond donors (Lipinski definition) is 0. The van der Waals surface area contributed by atoms with E-state index >= 15 is 0 Å². The van der Waals surface area contributed by atoms with Gasteiger partial charge in [-0.05, 0) is 42.5 Å². The van der Waals surface area contributed by atoms with Crippen molar-refractivity contribution in [1.29, 1.82) is 0 Å². The van der Waals surface area contributed by atoms with E-state index in [1.165, 1.54) is 10.4 Å². The van der Waals surface area contributed by atoms with E-state index in [1.807, 2.05) is 41.7 Å². The molecule has 3 aromatic rings. The average molecular weight is 311 g/mol. The Bertz CT molecular complexity index is 765. The van der Waals surface area contributed by atoms with Crippen molar-refractivity contribution < 1.29 is 4.42 Å². The maximum Gasteiger partial charge on any atom is 0.247 e. The highest BCUT2D eigenvalue weighted by Crippen LogP contribution is 2.33. The number of rotatable bonds is 3. The van der Waals surface area contributed by atoms with Crippen molar-refractivity contribution in [2.75, 3.05) is 6.54 Å². The van der Waals surface area contributed by atoms with E-state index < -0.39 is 0 Å². The predicted molar refractivity (Wildman–Crippen MR) is 86.6 cm³/mol. The van der Waals surface area contributed by atoms with Crippen molar-refractivity contribution in [2.24, 2.45) is 0 Å². The van der Waals surface area contributed by atoms with Gasteiger partial charge in [0.2, 0.25) is 11.8 Å². The fraction of sp³-hybridized carbons (Fsp3) is 0.294. The molecular weight excluding hydrogens is 294 g/mol. The summed E-state index contributed by atoms with van der Waals surface area (Å²) in [6, 6.07) is 12.5. The second kappa shape index (κ2) is 5.66. The van der Waals surface area contributed by atoms with E-state index in [4.69, 9.17) is 4.42 Å². The van der Waals surface area contributed by atoms with Crippen LogP contribution in [0.15, 0.2) is 46.2 Å². The van der Waals surface area contributed by atoms with Crippen LogP contribution < -0.4 is 0 Å². The number of nitrogens with zero attached hydrogens (tertiary/aromatic N) is 3. The highest BCUT2D eigenvalue weighted by molar-refractivity contribution is 7.10. The minimum atomic E-state index is 0.405. The molecule has 0 spiro atoms. The molecular formula is C17H17N3OS. The summed E-state index contributed by atoms with van der Waals surface area (Å²) in [5.41, 5.74) is 2.41. The van der Waals surface area contributed by atoms with Gasteiger partial charge in [-0.2, -0.15) is 0 Å². The van der Waals surface area contributed by atoms with Crippen molar-refractivity contribution in [1.82, 2.24) is 15.1 Å². The quantitative estimate of drug-likeness (QED) is 0.735. The maximum absolute atomic E-state index is 5.83. The third kappa shape index (κ3) is 2.46. The summed E-state index contributed by atoms with van der Waals surface area (Å²) in [4.78, 5) is 3.91. The lowest BCUT2D eigenvalue weighted by Crippen LogP contribution is -2.32. The zero-order valence-corrected chi connectivity index (χ0v) is 13.2. The van der Waals surface area contributed by atoms with Crippen LogP contribution in [-0.4, -0.2) is 21.6 Å². The zero-order chi connectivity index (χ0) is 14.9. The summed E-state index contributed by atoms with van der Waals surface area (Å²) in [7, 11) is 0. The largest absolute Gasteiger partial charge is 0.419 e. The molecule has 0 N–H and O–H groups in total. The molecule has 0 fully saturated rings. The molecule has 4 nitrogen and oxygen atoms in total. The lowest BCUT2D eigenvalue weighted by Gasteiger charge is -2.32. The third-order valence-electron chi connectivity index (χ3n) is 4.23. The molecule has 1 aromatic carbocycles. The van der Waals surface area contributed by atoms with Gasteiger partial charge in [-0.3, -0.25) is 4.90 Å². The van der Waals surface area contributed by atoms with Gasteiger partial charge >= 0.3 is 0 Å². The van der Waals surface area contributed by atoms with Crippen molar-refractivity contribution in [3.63, 3.8) is 0 Å². The molecule has 0 amide bonds. The fourth-order valence-electron chi connectivity index (χ4n) is 2.97. The maximum atomic E-state index is 5.83. The molecule has 1 aliphatic rings. The molecule has 1 atom stereocenters. The Kier molecular flexibility index (Phi) is 3.52. The Balaban J connectivity index is 1.52. The molecule has 3 heterocycles. The van der Waals surface area contributed by atoms with Crippen LogP contribution in [0.3, 0.4) is 0 Å². The average Bonchev–Trinajstić information content (AvgIpc) is 3.20. The molecule has 0 saturated heterocycles. The zero-order valence-electron chi connectivity index (χ0n) is 12.4. The van der Waals surface area contributed by atoms with Gasteiger partial charge < -0.3 is 4.42 Å². The Morgan fingerprint density at radius 3 is 2.95 bits per heavy atom. The van der Waals surface area contributed by atoms with Gasteiger partial charge in [0.05, 0.1) is 6.54 Å². The molecule has 0 aliphatic carbocycles. The second-order valence-electron chi connectivity index (χ2n) is 5.56. The lowest BCUT2D eigenvalue weighted by atomic mass is 10.0. The first-order valence-corrected chi connectivity index (χ1v) is 8.37. The topological polar surface area (TPSA) is 42.2 Å². The van der Waals surface area contributed by atoms with Gasteiger partial charge in [-0.1, -0.05) is 18.2 Å². The summed E-state index contributed by atoms with van der Waals surface area (Å²) in [5.74, 6) is 1.28. The van der Waals surface area contributed by atoms with Gasteiger partial charge in [-0.15, -0.1) is 21.5 Å². The van der Waals surface area contributed by atoms with Crippen molar-refractivity contribution >= 4 is 11.3 Å². The summed E-state index contributed by atoms with van der Waals surface area (Å²) in [6.45, 7) is 3.99. The first-order valence-electron chi connectivity index (χ1n) is 7.49.